The Labute approximate surface area is 131 Å². The lowest BCUT2D eigenvalue weighted by Crippen LogP contribution is -2.40. The molecule has 2 aromatic rings. The largest absolute Gasteiger partial charge is 0.435 e. The number of hydrogen-bond acceptors (Lipinski definition) is 3. The molecular formula is C15H17F3N4O. The van der Waals surface area contributed by atoms with E-state index in [0.29, 0.717) is 0 Å². The summed E-state index contributed by atoms with van der Waals surface area (Å²) in [7, 11) is 1.41. The molecule has 0 unspecified atom stereocenters. The SMILES string of the molecule is Cn1nc(C(F)(F)F)cc1CNC(=O)C(C)(C)c1cccnc1. The highest BCUT2D eigenvalue weighted by molar-refractivity contribution is 5.87. The van der Waals surface area contributed by atoms with E-state index in [4.69, 9.17) is 0 Å². The predicted octanol–water partition coefficient (Wildman–Crippen LogP) is 2.43. The van der Waals surface area contributed by atoms with Crippen molar-refractivity contribution < 1.29 is 18.0 Å². The third-order valence-electron chi connectivity index (χ3n) is 3.65. The lowest BCUT2D eigenvalue weighted by molar-refractivity contribution is -0.141. The zero-order chi connectivity index (χ0) is 17.3. The van der Waals surface area contributed by atoms with Crippen LogP contribution >= 0.6 is 0 Å². The zero-order valence-corrected chi connectivity index (χ0v) is 13.0. The van der Waals surface area contributed by atoms with Crippen molar-refractivity contribution in [2.75, 3.05) is 0 Å². The molecule has 23 heavy (non-hydrogen) atoms. The number of alkyl halides is 3. The molecule has 0 atom stereocenters. The van der Waals surface area contributed by atoms with Crippen LogP contribution in [-0.2, 0) is 30.0 Å². The van der Waals surface area contributed by atoms with Gasteiger partial charge in [0.05, 0.1) is 17.7 Å². The fraction of sp³-hybridized carbons (Fsp3) is 0.400. The molecule has 0 saturated heterocycles. The van der Waals surface area contributed by atoms with Gasteiger partial charge in [0, 0.05) is 19.4 Å². The zero-order valence-electron chi connectivity index (χ0n) is 13.0. The fourth-order valence-corrected chi connectivity index (χ4v) is 2.07. The normalized spacial score (nSPS) is 12.3. The molecule has 0 aliphatic heterocycles. The number of carbonyl (C=O) groups is 1. The molecule has 2 aromatic heterocycles. The summed E-state index contributed by atoms with van der Waals surface area (Å²) in [6, 6.07) is 4.43. The van der Waals surface area contributed by atoms with Crippen LogP contribution in [0.3, 0.4) is 0 Å². The van der Waals surface area contributed by atoms with E-state index in [1.54, 1.807) is 38.4 Å². The van der Waals surface area contributed by atoms with Gasteiger partial charge in [0.15, 0.2) is 5.69 Å². The van der Waals surface area contributed by atoms with Crippen molar-refractivity contribution in [3.05, 3.63) is 47.5 Å². The number of aromatic nitrogens is 3. The minimum absolute atomic E-state index is 0.0396. The standard InChI is InChI=1S/C15H17F3N4O/c1-14(2,10-5-4-6-19-8-10)13(23)20-9-11-7-12(15(16,17)18)21-22(11)3/h4-8H,9H2,1-3H3,(H,20,23). The molecule has 8 heteroatoms. The highest BCUT2D eigenvalue weighted by Crippen LogP contribution is 2.28. The van der Waals surface area contributed by atoms with Gasteiger partial charge < -0.3 is 5.32 Å². The minimum Gasteiger partial charge on any atom is -0.350 e. The summed E-state index contributed by atoms with van der Waals surface area (Å²) in [5.74, 6) is -0.305. The van der Waals surface area contributed by atoms with Gasteiger partial charge in [-0.25, -0.2) is 0 Å². The third-order valence-corrected chi connectivity index (χ3v) is 3.65. The number of carbonyl (C=O) groups excluding carboxylic acids is 1. The number of pyridine rings is 1. The first-order valence-corrected chi connectivity index (χ1v) is 6.91. The predicted molar refractivity (Wildman–Crippen MR) is 77.3 cm³/mol. The second-order valence-corrected chi connectivity index (χ2v) is 5.69. The van der Waals surface area contributed by atoms with Crippen LogP contribution in [-0.4, -0.2) is 20.7 Å². The van der Waals surface area contributed by atoms with E-state index >= 15 is 0 Å². The highest BCUT2D eigenvalue weighted by atomic mass is 19.4. The highest BCUT2D eigenvalue weighted by Gasteiger charge is 2.35. The summed E-state index contributed by atoms with van der Waals surface area (Å²) in [4.78, 5) is 16.3. The van der Waals surface area contributed by atoms with Crippen LogP contribution in [0.25, 0.3) is 0 Å². The van der Waals surface area contributed by atoms with Crippen molar-refractivity contribution >= 4 is 5.91 Å². The molecule has 0 spiro atoms. The van der Waals surface area contributed by atoms with E-state index in [9.17, 15) is 18.0 Å². The number of amides is 1. The summed E-state index contributed by atoms with van der Waals surface area (Å²) in [5, 5.41) is 6.06. The van der Waals surface area contributed by atoms with E-state index in [0.717, 1.165) is 16.3 Å². The van der Waals surface area contributed by atoms with Crippen LogP contribution in [0.15, 0.2) is 30.6 Å². The summed E-state index contributed by atoms with van der Waals surface area (Å²) >= 11 is 0. The van der Waals surface area contributed by atoms with Gasteiger partial charge in [-0.3, -0.25) is 14.5 Å². The quantitative estimate of drug-likeness (QED) is 0.939. The van der Waals surface area contributed by atoms with Gasteiger partial charge in [0.1, 0.15) is 0 Å². The summed E-state index contributed by atoms with van der Waals surface area (Å²) < 4.78 is 39.0. The van der Waals surface area contributed by atoms with E-state index in [1.807, 2.05) is 0 Å². The maximum atomic E-state index is 12.6. The van der Waals surface area contributed by atoms with E-state index in [1.165, 1.54) is 7.05 Å². The lowest BCUT2D eigenvalue weighted by Gasteiger charge is -2.23. The molecule has 0 radical (unpaired) electrons. The van der Waals surface area contributed by atoms with Crippen LogP contribution in [0.2, 0.25) is 0 Å². The van der Waals surface area contributed by atoms with Gasteiger partial charge in [-0.2, -0.15) is 18.3 Å². The molecule has 0 aromatic carbocycles. The summed E-state index contributed by atoms with van der Waals surface area (Å²) in [6.45, 7) is 3.41. The van der Waals surface area contributed by atoms with Gasteiger partial charge in [-0.1, -0.05) is 6.07 Å². The number of rotatable bonds is 4. The first-order chi connectivity index (χ1) is 10.6. The van der Waals surface area contributed by atoms with E-state index in [2.05, 4.69) is 15.4 Å². The summed E-state index contributed by atoms with van der Waals surface area (Å²) in [6.07, 6.45) is -1.31. The Hall–Kier alpha value is -2.38. The molecule has 0 aliphatic carbocycles. The first kappa shape index (κ1) is 17.0. The van der Waals surface area contributed by atoms with Gasteiger partial charge in [0.25, 0.3) is 0 Å². The molecular weight excluding hydrogens is 309 g/mol. The maximum absolute atomic E-state index is 12.6. The van der Waals surface area contributed by atoms with Crippen LogP contribution < -0.4 is 5.32 Å². The van der Waals surface area contributed by atoms with Gasteiger partial charge in [0.2, 0.25) is 5.91 Å². The molecule has 1 amide bonds. The van der Waals surface area contributed by atoms with Crippen molar-refractivity contribution in [1.82, 2.24) is 20.1 Å². The molecule has 2 heterocycles. The van der Waals surface area contributed by atoms with Gasteiger partial charge in [-0.05, 0) is 31.5 Å². The second-order valence-electron chi connectivity index (χ2n) is 5.69. The Bertz CT molecular complexity index is 692. The van der Waals surface area contributed by atoms with Crippen molar-refractivity contribution in [2.45, 2.75) is 32.0 Å². The van der Waals surface area contributed by atoms with Gasteiger partial charge in [-0.15, -0.1) is 0 Å². The maximum Gasteiger partial charge on any atom is 0.435 e. The molecule has 0 fully saturated rings. The molecule has 2 rings (SSSR count). The monoisotopic (exact) mass is 326 g/mol. The molecule has 124 valence electrons. The number of nitrogens with zero attached hydrogens (tertiary/aromatic N) is 3. The lowest BCUT2D eigenvalue weighted by atomic mass is 9.85. The van der Waals surface area contributed by atoms with Crippen LogP contribution in [0.4, 0.5) is 13.2 Å². The number of hydrogen-bond donors (Lipinski definition) is 1. The van der Waals surface area contributed by atoms with Crippen LogP contribution in [0.1, 0.15) is 30.8 Å². The van der Waals surface area contributed by atoms with Crippen LogP contribution in [0, 0.1) is 0 Å². The first-order valence-electron chi connectivity index (χ1n) is 6.91. The molecule has 5 nitrogen and oxygen atoms in total. The van der Waals surface area contributed by atoms with Crippen molar-refractivity contribution in [3.63, 3.8) is 0 Å². The van der Waals surface area contributed by atoms with E-state index < -0.39 is 17.3 Å². The average Bonchev–Trinajstić information content (AvgIpc) is 2.87. The third kappa shape index (κ3) is 3.69. The average molecular weight is 326 g/mol. The number of aryl methyl sites for hydroxylation is 1. The Balaban J connectivity index is 2.09. The Morgan fingerprint density at radius 1 is 1.35 bits per heavy atom. The van der Waals surface area contributed by atoms with Crippen LogP contribution in [0.5, 0.6) is 0 Å². The van der Waals surface area contributed by atoms with Gasteiger partial charge >= 0.3 is 6.18 Å². The fourth-order valence-electron chi connectivity index (χ4n) is 2.07. The Morgan fingerprint density at radius 3 is 2.57 bits per heavy atom. The van der Waals surface area contributed by atoms with Crippen molar-refractivity contribution in [3.8, 4) is 0 Å². The minimum atomic E-state index is -4.50. The Morgan fingerprint density at radius 2 is 2.04 bits per heavy atom. The molecule has 0 bridgehead atoms. The van der Waals surface area contributed by atoms with E-state index in [-0.39, 0.29) is 18.1 Å². The smallest absolute Gasteiger partial charge is 0.350 e. The van der Waals surface area contributed by atoms with Crippen molar-refractivity contribution in [1.29, 1.82) is 0 Å². The molecule has 0 saturated carbocycles. The Kier molecular flexibility index (Phi) is 4.44. The summed E-state index contributed by atoms with van der Waals surface area (Å²) in [5.41, 5.74) is -0.832. The number of nitrogens with one attached hydrogen (secondary N) is 1. The molecule has 0 aliphatic rings. The number of halogens is 3. The molecule has 1 N–H and O–H groups in total. The topological polar surface area (TPSA) is 59.8 Å². The van der Waals surface area contributed by atoms with Crippen molar-refractivity contribution in [2.24, 2.45) is 7.05 Å². The second kappa shape index (κ2) is 6.02.